The van der Waals surface area contributed by atoms with Gasteiger partial charge in [0.15, 0.2) is 0 Å². The van der Waals surface area contributed by atoms with Gasteiger partial charge < -0.3 is 23.2 Å². The van der Waals surface area contributed by atoms with Crippen LogP contribution in [0.3, 0.4) is 0 Å². The third-order valence-electron chi connectivity index (χ3n) is 3.42. The molecule has 0 bridgehead atoms. The van der Waals surface area contributed by atoms with Gasteiger partial charge in [0, 0.05) is 7.11 Å². The number of benzene rings is 1. The Morgan fingerprint density at radius 1 is 1.22 bits per heavy atom. The fourth-order valence-corrected chi connectivity index (χ4v) is 4.03. The zero-order chi connectivity index (χ0) is 17.9. The molecule has 1 fully saturated rings. The molecule has 1 aromatic carbocycles. The van der Waals surface area contributed by atoms with Crippen LogP contribution < -0.4 is 4.89 Å². The molecule has 1 saturated carbocycles. The van der Waals surface area contributed by atoms with Gasteiger partial charge in [-0.2, -0.15) is 0 Å². The molecule has 23 heavy (non-hydrogen) atoms. The lowest BCUT2D eigenvalue weighted by Gasteiger charge is -2.32. The van der Waals surface area contributed by atoms with Crippen molar-refractivity contribution in [3.8, 4) is 0 Å². The Labute approximate surface area is 138 Å². The normalized spacial score (nSPS) is 25.6. The van der Waals surface area contributed by atoms with E-state index in [1.165, 1.54) is 7.11 Å². The zero-order valence-electron chi connectivity index (χ0n) is 14.6. The standard InChI is InChI=1S/C12H15O5P.C4H12N/c1-16-11(13)10-8-12(10,18(14,15)17-2)9-6-4-3-5-7-9;1-5(2,3)4/h3-7,10H,8H2,1-2H3,(H,14,15);1-4H3/q;+1/p-1. The van der Waals surface area contributed by atoms with Gasteiger partial charge in [-0.05, 0) is 12.0 Å². The van der Waals surface area contributed by atoms with Gasteiger partial charge in [0.2, 0.25) is 0 Å². The van der Waals surface area contributed by atoms with Crippen molar-refractivity contribution >= 4 is 13.6 Å². The Bertz CT molecular complexity index is 578. The minimum atomic E-state index is -4.16. The second-order valence-electron chi connectivity index (χ2n) is 6.93. The number of hydrogen-bond donors (Lipinski definition) is 0. The van der Waals surface area contributed by atoms with E-state index in [1.54, 1.807) is 30.3 Å². The van der Waals surface area contributed by atoms with Crippen LogP contribution in [0.4, 0.5) is 0 Å². The van der Waals surface area contributed by atoms with Crippen molar-refractivity contribution in [2.75, 3.05) is 42.4 Å². The minimum Gasteiger partial charge on any atom is -0.778 e. The Morgan fingerprint density at radius 3 is 2.09 bits per heavy atom. The molecular weight excluding hydrogens is 317 g/mol. The Kier molecular flexibility index (Phi) is 6.16. The fraction of sp³-hybridized carbons (Fsp3) is 0.562. The minimum absolute atomic E-state index is 0.207. The number of carbonyl (C=O) groups excluding carboxylic acids is 1. The first-order valence-electron chi connectivity index (χ1n) is 7.28. The van der Waals surface area contributed by atoms with E-state index in [9.17, 15) is 14.3 Å². The lowest BCUT2D eigenvalue weighted by molar-refractivity contribution is -0.849. The number of quaternary nitrogens is 1. The van der Waals surface area contributed by atoms with Crippen LogP contribution >= 0.6 is 7.60 Å². The van der Waals surface area contributed by atoms with Crippen molar-refractivity contribution in [3.63, 3.8) is 0 Å². The summed E-state index contributed by atoms with van der Waals surface area (Å²) in [4.78, 5) is 23.7. The molecule has 1 aliphatic carbocycles. The molecule has 0 aliphatic heterocycles. The molecule has 0 radical (unpaired) electrons. The summed E-state index contributed by atoms with van der Waals surface area (Å²) < 4.78 is 22.4. The highest BCUT2D eigenvalue weighted by atomic mass is 31.2. The van der Waals surface area contributed by atoms with Gasteiger partial charge >= 0.3 is 5.97 Å². The lowest BCUT2D eigenvalue weighted by Crippen LogP contribution is -2.27. The van der Waals surface area contributed by atoms with E-state index in [0.29, 0.717) is 5.56 Å². The van der Waals surface area contributed by atoms with E-state index in [4.69, 9.17) is 0 Å². The molecule has 2 rings (SSSR count). The van der Waals surface area contributed by atoms with Gasteiger partial charge in [0.25, 0.3) is 0 Å². The molecule has 6 nitrogen and oxygen atoms in total. The van der Waals surface area contributed by atoms with E-state index in [2.05, 4.69) is 37.5 Å². The molecule has 7 heteroatoms. The van der Waals surface area contributed by atoms with Gasteiger partial charge in [-0.25, -0.2) is 0 Å². The largest absolute Gasteiger partial charge is 0.778 e. The third-order valence-corrected chi connectivity index (χ3v) is 5.63. The molecule has 1 aliphatic rings. The first-order chi connectivity index (χ1) is 10.5. The average molecular weight is 343 g/mol. The zero-order valence-corrected chi connectivity index (χ0v) is 15.5. The van der Waals surface area contributed by atoms with Gasteiger partial charge in [0.05, 0.1) is 46.4 Å². The van der Waals surface area contributed by atoms with E-state index < -0.39 is 24.6 Å². The van der Waals surface area contributed by atoms with E-state index >= 15 is 0 Å². The topological polar surface area (TPSA) is 75.7 Å². The summed E-state index contributed by atoms with van der Waals surface area (Å²) in [7, 11) is 6.70. The van der Waals surface area contributed by atoms with Crippen LogP contribution in [0.25, 0.3) is 0 Å². The highest BCUT2D eigenvalue weighted by molar-refractivity contribution is 7.53. The van der Waals surface area contributed by atoms with Crippen LogP contribution in [0.1, 0.15) is 12.0 Å². The number of nitrogens with zero attached hydrogens (tertiary/aromatic N) is 1. The van der Waals surface area contributed by atoms with Crippen molar-refractivity contribution in [3.05, 3.63) is 35.9 Å². The quantitative estimate of drug-likeness (QED) is 0.471. The highest BCUT2D eigenvalue weighted by Gasteiger charge is 2.66. The van der Waals surface area contributed by atoms with Crippen LogP contribution in [0, 0.1) is 5.92 Å². The van der Waals surface area contributed by atoms with Gasteiger partial charge in [-0.3, -0.25) is 4.79 Å². The van der Waals surface area contributed by atoms with Crippen LogP contribution in [0.2, 0.25) is 0 Å². The maximum Gasteiger partial charge on any atom is 0.310 e. The predicted octanol–water partition coefficient (Wildman–Crippen LogP) is 1.60. The summed E-state index contributed by atoms with van der Waals surface area (Å²) in [5.74, 6) is -1.21. The van der Waals surface area contributed by atoms with Crippen molar-refractivity contribution < 1.29 is 28.0 Å². The Hall–Kier alpha value is -1.20. The summed E-state index contributed by atoms with van der Waals surface area (Å²) in [6.07, 6.45) is 0.207. The molecule has 0 aromatic heterocycles. The van der Waals surface area contributed by atoms with Crippen molar-refractivity contribution in [1.29, 1.82) is 0 Å². The molecule has 0 heterocycles. The van der Waals surface area contributed by atoms with Crippen LogP contribution in [0.5, 0.6) is 0 Å². The number of carbonyl (C=O) groups is 1. The van der Waals surface area contributed by atoms with Gasteiger partial charge in [-0.15, -0.1) is 0 Å². The monoisotopic (exact) mass is 343 g/mol. The lowest BCUT2D eigenvalue weighted by atomic mass is 10.1. The third kappa shape index (κ3) is 4.64. The Morgan fingerprint density at radius 2 is 1.70 bits per heavy atom. The highest BCUT2D eigenvalue weighted by Crippen LogP contribution is 2.74. The maximum absolute atomic E-state index is 12.1. The van der Waals surface area contributed by atoms with Crippen LogP contribution in [0.15, 0.2) is 30.3 Å². The summed E-state index contributed by atoms with van der Waals surface area (Å²) in [5.41, 5.74) is 0.570. The number of esters is 1. The maximum atomic E-state index is 12.1. The van der Waals surface area contributed by atoms with Gasteiger partial charge in [-0.1, -0.05) is 30.3 Å². The average Bonchev–Trinajstić information content (AvgIpc) is 3.23. The van der Waals surface area contributed by atoms with Crippen molar-refractivity contribution in [1.82, 2.24) is 0 Å². The smallest absolute Gasteiger partial charge is 0.310 e. The van der Waals surface area contributed by atoms with Crippen LogP contribution in [-0.4, -0.2) is 52.9 Å². The predicted molar refractivity (Wildman–Crippen MR) is 86.8 cm³/mol. The molecule has 0 N–H and O–H groups in total. The Balaban J connectivity index is 0.000000463. The second kappa shape index (κ2) is 7.14. The number of ether oxygens (including phenoxy) is 1. The summed E-state index contributed by atoms with van der Waals surface area (Å²) in [5, 5.41) is -1.27. The van der Waals surface area contributed by atoms with Crippen molar-refractivity contribution in [2.45, 2.75) is 11.6 Å². The molecular formula is C16H26NO5P. The molecule has 3 atom stereocenters. The first-order valence-corrected chi connectivity index (χ1v) is 8.83. The molecule has 0 spiro atoms. The first kappa shape index (κ1) is 19.8. The van der Waals surface area contributed by atoms with Crippen molar-refractivity contribution in [2.24, 2.45) is 5.92 Å². The SMILES string of the molecule is COC(=O)C1CC1(c1ccccc1)P(=O)([O-])OC.C[N+](C)(C)C. The van der Waals surface area contributed by atoms with Crippen LogP contribution in [-0.2, 0) is 23.8 Å². The molecule has 0 amide bonds. The van der Waals surface area contributed by atoms with E-state index in [1.807, 2.05) is 0 Å². The number of methoxy groups -OCH3 is 1. The van der Waals surface area contributed by atoms with E-state index in [-0.39, 0.29) is 6.42 Å². The van der Waals surface area contributed by atoms with E-state index in [0.717, 1.165) is 11.6 Å². The summed E-state index contributed by atoms with van der Waals surface area (Å²) in [6, 6.07) is 8.63. The second-order valence-corrected chi connectivity index (χ2v) is 9.09. The summed E-state index contributed by atoms with van der Waals surface area (Å²) in [6.45, 7) is 0. The number of hydrogen-bond acceptors (Lipinski definition) is 5. The number of rotatable bonds is 4. The molecule has 1 aromatic rings. The molecule has 0 saturated heterocycles. The molecule has 130 valence electrons. The molecule has 3 unspecified atom stereocenters. The fourth-order valence-electron chi connectivity index (χ4n) is 2.34. The summed E-state index contributed by atoms with van der Waals surface area (Å²) >= 11 is 0. The van der Waals surface area contributed by atoms with Gasteiger partial charge in [0.1, 0.15) is 7.60 Å².